The maximum atomic E-state index is 9.42. The highest BCUT2D eigenvalue weighted by Crippen LogP contribution is 2.39. The highest BCUT2D eigenvalue weighted by molar-refractivity contribution is 9.11. The lowest BCUT2D eigenvalue weighted by Crippen LogP contribution is -1.88. The Labute approximate surface area is 95.0 Å². The smallest absolute Gasteiger partial charge is 0.144 e. The van der Waals surface area contributed by atoms with Gasteiger partial charge in [0.2, 0.25) is 0 Å². The van der Waals surface area contributed by atoms with Crippen molar-refractivity contribution in [2.45, 2.75) is 6.61 Å². The van der Waals surface area contributed by atoms with E-state index in [1.54, 1.807) is 6.07 Å². The number of halogens is 3. The molecule has 0 bridgehead atoms. The van der Waals surface area contributed by atoms with Crippen LogP contribution in [0.5, 0.6) is 5.75 Å². The van der Waals surface area contributed by atoms with Gasteiger partial charge in [-0.25, -0.2) is 0 Å². The van der Waals surface area contributed by atoms with Crippen LogP contribution in [0.3, 0.4) is 0 Å². The Balaban J connectivity index is 3.40. The molecule has 1 rings (SSSR count). The van der Waals surface area contributed by atoms with E-state index >= 15 is 0 Å². The van der Waals surface area contributed by atoms with Crippen LogP contribution in [0, 0.1) is 0 Å². The van der Waals surface area contributed by atoms with Gasteiger partial charge in [-0.15, -0.1) is 0 Å². The Morgan fingerprint density at radius 3 is 2.25 bits per heavy atom. The van der Waals surface area contributed by atoms with E-state index in [1.165, 1.54) is 0 Å². The van der Waals surface area contributed by atoms with E-state index in [1.807, 2.05) is 0 Å². The molecule has 0 aliphatic rings. The fourth-order valence-electron chi connectivity index (χ4n) is 0.764. The average Bonchev–Trinajstić information content (AvgIpc) is 2.01. The number of aromatic hydroxyl groups is 1. The van der Waals surface area contributed by atoms with Crippen molar-refractivity contribution in [2.75, 3.05) is 0 Å². The zero-order valence-electron chi connectivity index (χ0n) is 5.81. The van der Waals surface area contributed by atoms with E-state index in [2.05, 4.69) is 47.8 Å². The predicted molar refractivity (Wildman–Crippen MR) is 57.1 cm³/mol. The molecule has 0 heterocycles. The zero-order valence-corrected chi connectivity index (χ0v) is 10.6. The highest BCUT2D eigenvalue weighted by atomic mass is 79.9. The second-order valence-corrected chi connectivity index (χ2v) is 4.64. The Hall–Kier alpha value is 0.420. The van der Waals surface area contributed by atoms with Gasteiger partial charge in [0.1, 0.15) is 5.75 Å². The molecule has 0 spiro atoms. The van der Waals surface area contributed by atoms with Gasteiger partial charge in [0, 0.05) is 10.0 Å². The van der Waals surface area contributed by atoms with Gasteiger partial charge in [-0.2, -0.15) is 0 Å². The lowest BCUT2D eigenvalue weighted by Gasteiger charge is -2.07. The summed E-state index contributed by atoms with van der Waals surface area (Å²) in [5, 5.41) is 18.3. The van der Waals surface area contributed by atoms with Crippen molar-refractivity contribution in [3.63, 3.8) is 0 Å². The van der Waals surface area contributed by atoms with Gasteiger partial charge in [0.05, 0.1) is 15.6 Å². The molecule has 0 radical (unpaired) electrons. The maximum Gasteiger partial charge on any atom is 0.144 e. The van der Waals surface area contributed by atoms with Crippen molar-refractivity contribution in [2.24, 2.45) is 0 Å². The zero-order chi connectivity index (χ0) is 9.30. The quantitative estimate of drug-likeness (QED) is 0.807. The molecule has 0 amide bonds. The molecule has 2 N–H and O–H groups in total. The van der Waals surface area contributed by atoms with Gasteiger partial charge in [0.15, 0.2) is 0 Å². The normalized spacial score (nSPS) is 10.3. The molecule has 1 aromatic carbocycles. The van der Waals surface area contributed by atoms with Crippen molar-refractivity contribution in [3.05, 3.63) is 25.0 Å². The van der Waals surface area contributed by atoms with E-state index in [4.69, 9.17) is 5.11 Å². The number of hydrogen-bond acceptors (Lipinski definition) is 2. The topological polar surface area (TPSA) is 40.5 Å². The molecule has 0 unspecified atom stereocenters. The Kier molecular flexibility index (Phi) is 3.58. The third kappa shape index (κ3) is 1.84. The van der Waals surface area contributed by atoms with Crippen LogP contribution in [0.4, 0.5) is 0 Å². The SMILES string of the molecule is OCc1c(Br)cc(Br)c(O)c1Br. The van der Waals surface area contributed by atoms with Gasteiger partial charge in [-0.3, -0.25) is 0 Å². The minimum atomic E-state index is -0.123. The number of aliphatic hydroxyl groups is 1. The second kappa shape index (κ2) is 4.09. The molecule has 1 aromatic rings. The molecule has 0 saturated heterocycles. The van der Waals surface area contributed by atoms with Crippen LogP contribution in [0.1, 0.15) is 5.56 Å². The molecular formula is C7H5Br3O2. The molecule has 5 heteroatoms. The summed E-state index contributed by atoms with van der Waals surface area (Å²) in [6.45, 7) is -0.123. The molecule has 0 saturated carbocycles. The molecule has 0 atom stereocenters. The van der Waals surface area contributed by atoms with Crippen LogP contribution < -0.4 is 0 Å². The van der Waals surface area contributed by atoms with Gasteiger partial charge in [-0.1, -0.05) is 15.9 Å². The Bertz CT molecular complexity index is 312. The van der Waals surface area contributed by atoms with Crippen LogP contribution in [0.2, 0.25) is 0 Å². The first kappa shape index (κ1) is 10.5. The van der Waals surface area contributed by atoms with Crippen molar-refractivity contribution < 1.29 is 10.2 Å². The molecule has 0 fully saturated rings. The summed E-state index contributed by atoms with van der Waals surface area (Å²) in [6.07, 6.45) is 0. The average molecular weight is 361 g/mol. The van der Waals surface area contributed by atoms with Crippen LogP contribution in [0.15, 0.2) is 19.5 Å². The summed E-state index contributed by atoms with van der Waals surface area (Å²) in [6, 6.07) is 1.69. The largest absolute Gasteiger partial charge is 0.506 e. The summed E-state index contributed by atoms with van der Waals surface area (Å²) < 4.78 is 1.84. The van der Waals surface area contributed by atoms with Gasteiger partial charge >= 0.3 is 0 Å². The predicted octanol–water partition coefficient (Wildman–Crippen LogP) is 3.17. The molecule has 12 heavy (non-hydrogen) atoms. The Morgan fingerprint density at radius 2 is 1.75 bits per heavy atom. The third-order valence-electron chi connectivity index (χ3n) is 1.40. The highest BCUT2D eigenvalue weighted by Gasteiger charge is 2.11. The summed E-state index contributed by atoms with van der Waals surface area (Å²) in [5.41, 5.74) is 0.635. The molecular weight excluding hydrogens is 356 g/mol. The van der Waals surface area contributed by atoms with E-state index in [-0.39, 0.29) is 12.4 Å². The number of phenols is 1. The summed E-state index contributed by atoms with van der Waals surface area (Å²) in [7, 11) is 0. The first-order valence-corrected chi connectivity index (χ1v) is 5.42. The molecule has 0 aliphatic carbocycles. The lowest BCUT2D eigenvalue weighted by molar-refractivity contribution is 0.279. The number of rotatable bonds is 1. The van der Waals surface area contributed by atoms with Gasteiger partial charge in [0.25, 0.3) is 0 Å². The fraction of sp³-hybridized carbons (Fsp3) is 0.143. The van der Waals surface area contributed by atoms with Crippen molar-refractivity contribution in [3.8, 4) is 5.75 Å². The van der Waals surface area contributed by atoms with Crippen LogP contribution in [-0.4, -0.2) is 10.2 Å². The van der Waals surface area contributed by atoms with Crippen molar-refractivity contribution >= 4 is 47.8 Å². The van der Waals surface area contributed by atoms with Gasteiger partial charge < -0.3 is 10.2 Å². The first-order chi connectivity index (χ1) is 5.57. The maximum absolute atomic E-state index is 9.42. The standard InChI is InChI=1S/C7H5Br3O2/c8-4-1-5(9)7(12)6(10)3(4)2-11/h1,11-12H,2H2. The second-order valence-electron chi connectivity index (χ2n) is 2.14. The van der Waals surface area contributed by atoms with Gasteiger partial charge in [-0.05, 0) is 37.9 Å². The lowest BCUT2D eigenvalue weighted by atomic mass is 10.2. The van der Waals surface area contributed by atoms with Crippen molar-refractivity contribution in [1.29, 1.82) is 0 Å². The van der Waals surface area contributed by atoms with E-state index in [0.717, 1.165) is 4.47 Å². The monoisotopic (exact) mass is 358 g/mol. The van der Waals surface area contributed by atoms with E-state index < -0.39 is 0 Å². The third-order valence-corrected chi connectivity index (χ3v) is 3.57. The number of benzene rings is 1. The van der Waals surface area contributed by atoms with Crippen molar-refractivity contribution in [1.82, 2.24) is 0 Å². The van der Waals surface area contributed by atoms with E-state index in [9.17, 15) is 5.11 Å². The first-order valence-electron chi connectivity index (χ1n) is 3.04. The summed E-state index contributed by atoms with van der Waals surface area (Å²) >= 11 is 9.60. The molecule has 2 nitrogen and oxygen atoms in total. The molecule has 0 aliphatic heterocycles. The number of hydrogen-bond donors (Lipinski definition) is 2. The Morgan fingerprint density at radius 1 is 1.17 bits per heavy atom. The number of aliphatic hydroxyl groups excluding tert-OH is 1. The number of phenolic OH excluding ortho intramolecular Hbond substituents is 1. The van der Waals surface area contributed by atoms with Crippen LogP contribution >= 0.6 is 47.8 Å². The molecule has 0 aromatic heterocycles. The summed E-state index contributed by atoms with van der Waals surface area (Å²) in [4.78, 5) is 0. The van der Waals surface area contributed by atoms with Crippen LogP contribution in [-0.2, 0) is 6.61 Å². The molecule has 66 valence electrons. The van der Waals surface area contributed by atoms with E-state index in [0.29, 0.717) is 14.5 Å². The van der Waals surface area contributed by atoms with Crippen LogP contribution in [0.25, 0.3) is 0 Å². The fourth-order valence-corrected chi connectivity index (χ4v) is 3.14. The summed E-state index contributed by atoms with van der Waals surface area (Å²) in [5.74, 6) is 0.0993. The minimum Gasteiger partial charge on any atom is -0.506 e. The minimum absolute atomic E-state index is 0.0993.